The largest absolute Gasteiger partial charge is 0.487 e. The van der Waals surface area contributed by atoms with Crippen LogP contribution in [-0.4, -0.2) is 35.4 Å². The first-order valence-electron chi connectivity index (χ1n) is 10.7. The maximum absolute atomic E-state index is 12.4. The lowest BCUT2D eigenvalue weighted by Crippen LogP contribution is -2.40. The van der Waals surface area contributed by atoms with Gasteiger partial charge in [0.2, 0.25) is 5.91 Å². The van der Waals surface area contributed by atoms with E-state index in [1.165, 1.54) is 6.92 Å². The number of aromatic nitrogens is 1. The van der Waals surface area contributed by atoms with Gasteiger partial charge in [0, 0.05) is 11.1 Å². The van der Waals surface area contributed by atoms with Gasteiger partial charge in [0.1, 0.15) is 12.4 Å². The van der Waals surface area contributed by atoms with E-state index in [1.54, 1.807) is 35.6 Å². The number of aryl methyl sites for hydroxylation is 3. The number of anilines is 1. The molecule has 9 heteroatoms. The highest BCUT2D eigenvalue weighted by Crippen LogP contribution is 2.19. The van der Waals surface area contributed by atoms with E-state index in [2.05, 4.69) is 15.6 Å². The molecule has 0 radical (unpaired) electrons. The normalized spacial score (nSPS) is 11.4. The van der Waals surface area contributed by atoms with Gasteiger partial charge in [-0.3, -0.25) is 9.59 Å². The molecule has 0 fully saturated rings. The van der Waals surface area contributed by atoms with Crippen molar-refractivity contribution >= 4 is 34.8 Å². The molecule has 3 rings (SSSR count). The monoisotopic (exact) mass is 481 g/mol. The molecule has 0 saturated carbocycles. The van der Waals surface area contributed by atoms with Crippen LogP contribution in [0.15, 0.2) is 47.8 Å². The van der Waals surface area contributed by atoms with Crippen LogP contribution in [-0.2, 0) is 20.9 Å². The summed E-state index contributed by atoms with van der Waals surface area (Å²) < 4.78 is 10.9. The van der Waals surface area contributed by atoms with E-state index in [9.17, 15) is 14.4 Å². The summed E-state index contributed by atoms with van der Waals surface area (Å²) in [5.74, 6) is -0.997. The van der Waals surface area contributed by atoms with Gasteiger partial charge in [-0.15, -0.1) is 11.3 Å². The second-order valence-corrected chi connectivity index (χ2v) is 8.81. The Bertz CT molecular complexity index is 1150. The second kappa shape index (κ2) is 11.4. The highest BCUT2D eigenvalue weighted by Gasteiger charge is 2.20. The average Bonchev–Trinajstić information content (AvgIpc) is 3.24. The summed E-state index contributed by atoms with van der Waals surface area (Å²) in [5.41, 5.74) is 3.70. The predicted octanol–water partition coefficient (Wildman–Crippen LogP) is 3.95. The van der Waals surface area contributed by atoms with E-state index in [0.29, 0.717) is 12.4 Å². The lowest BCUT2D eigenvalue weighted by Gasteiger charge is -2.15. The maximum atomic E-state index is 12.4. The van der Waals surface area contributed by atoms with Crippen LogP contribution in [0.25, 0.3) is 0 Å². The van der Waals surface area contributed by atoms with E-state index < -0.39 is 18.0 Å². The zero-order chi connectivity index (χ0) is 24.7. The second-order valence-electron chi connectivity index (χ2n) is 7.75. The number of nitrogens with zero attached hydrogens (tertiary/aromatic N) is 1. The van der Waals surface area contributed by atoms with Crippen LogP contribution < -0.4 is 15.4 Å². The molecular formula is C25H27N3O5S. The molecule has 2 amide bonds. The highest BCUT2D eigenvalue weighted by molar-refractivity contribution is 7.09. The van der Waals surface area contributed by atoms with Gasteiger partial charge in [-0.1, -0.05) is 18.2 Å². The Morgan fingerprint density at radius 3 is 2.32 bits per heavy atom. The molecule has 1 heterocycles. The molecule has 34 heavy (non-hydrogen) atoms. The van der Waals surface area contributed by atoms with Crippen molar-refractivity contribution < 1.29 is 23.9 Å². The number of rotatable bonds is 9. The summed E-state index contributed by atoms with van der Waals surface area (Å²) in [4.78, 5) is 41.2. The third-order valence-electron chi connectivity index (χ3n) is 4.97. The van der Waals surface area contributed by atoms with Crippen LogP contribution in [0.4, 0.5) is 5.69 Å². The Morgan fingerprint density at radius 2 is 1.71 bits per heavy atom. The SMILES string of the molecule is Cc1nc(COc2ccc(C(=O)OC(C)C(=O)NCC(=O)Nc3c(C)cccc3C)cc2)cs1. The number of carbonyl (C=O) groups is 3. The van der Waals surface area contributed by atoms with E-state index >= 15 is 0 Å². The number of amides is 2. The fourth-order valence-corrected chi connectivity index (χ4v) is 3.70. The Kier molecular flexibility index (Phi) is 8.37. The lowest BCUT2D eigenvalue weighted by molar-refractivity contribution is -0.130. The predicted molar refractivity (Wildman–Crippen MR) is 130 cm³/mol. The van der Waals surface area contributed by atoms with Crippen molar-refractivity contribution in [2.24, 2.45) is 0 Å². The molecule has 1 unspecified atom stereocenters. The van der Waals surface area contributed by atoms with Crippen LogP contribution in [0.5, 0.6) is 5.75 Å². The number of thiazole rings is 1. The van der Waals surface area contributed by atoms with Gasteiger partial charge in [-0.25, -0.2) is 9.78 Å². The molecule has 0 saturated heterocycles. The van der Waals surface area contributed by atoms with Crippen molar-refractivity contribution in [3.63, 3.8) is 0 Å². The van der Waals surface area contributed by atoms with Gasteiger partial charge in [-0.2, -0.15) is 0 Å². The molecule has 1 aromatic heterocycles. The summed E-state index contributed by atoms with van der Waals surface area (Å²) >= 11 is 1.55. The first kappa shape index (κ1) is 24.9. The quantitative estimate of drug-likeness (QED) is 0.448. The molecular weight excluding hydrogens is 454 g/mol. The smallest absolute Gasteiger partial charge is 0.338 e. The van der Waals surface area contributed by atoms with Crippen molar-refractivity contribution in [2.45, 2.75) is 40.4 Å². The topological polar surface area (TPSA) is 107 Å². The van der Waals surface area contributed by atoms with Crippen LogP contribution in [0.2, 0.25) is 0 Å². The standard InChI is InChI=1S/C25H27N3O5S/c1-15-6-5-7-16(2)23(15)28-22(29)12-26-24(30)17(3)33-25(31)19-8-10-21(11-9-19)32-13-20-14-34-18(4)27-20/h5-11,14,17H,12-13H2,1-4H3,(H,26,30)(H,28,29). The minimum Gasteiger partial charge on any atom is -0.487 e. The first-order chi connectivity index (χ1) is 16.2. The van der Waals surface area contributed by atoms with E-state index in [1.807, 2.05) is 44.4 Å². The van der Waals surface area contributed by atoms with Crippen LogP contribution in [0.1, 0.15) is 39.1 Å². The number of nitrogens with one attached hydrogen (secondary N) is 2. The van der Waals surface area contributed by atoms with Gasteiger partial charge in [0.25, 0.3) is 5.91 Å². The Morgan fingerprint density at radius 1 is 1.03 bits per heavy atom. The van der Waals surface area contributed by atoms with E-state index in [-0.39, 0.29) is 18.0 Å². The maximum Gasteiger partial charge on any atom is 0.338 e. The van der Waals surface area contributed by atoms with Gasteiger partial charge in [-0.05, 0) is 63.1 Å². The molecule has 0 aliphatic carbocycles. The third kappa shape index (κ3) is 6.89. The van der Waals surface area contributed by atoms with Crippen molar-refractivity contribution in [2.75, 3.05) is 11.9 Å². The number of para-hydroxylation sites is 1. The Balaban J connectivity index is 1.44. The minimum atomic E-state index is -1.07. The van der Waals surface area contributed by atoms with Gasteiger partial charge in [0.05, 0.1) is 22.8 Å². The van der Waals surface area contributed by atoms with Gasteiger partial charge < -0.3 is 20.1 Å². The zero-order valence-electron chi connectivity index (χ0n) is 19.5. The molecule has 1 atom stereocenters. The van der Waals surface area contributed by atoms with Crippen molar-refractivity contribution in [1.29, 1.82) is 0 Å². The van der Waals surface area contributed by atoms with Gasteiger partial charge in [0.15, 0.2) is 6.10 Å². The third-order valence-corrected chi connectivity index (χ3v) is 5.79. The molecule has 0 aliphatic rings. The Hall–Kier alpha value is -3.72. The van der Waals surface area contributed by atoms with Crippen molar-refractivity contribution in [3.05, 3.63) is 75.2 Å². The number of carbonyl (C=O) groups excluding carboxylic acids is 3. The molecule has 178 valence electrons. The van der Waals surface area contributed by atoms with Crippen molar-refractivity contribution in [3.8, 4) is 5.75 Å². The number of esters is 1. The summed E-state index contributed by atoms with van der Waals surface area (Å²) in [6.07, 6.45) is -1.07. The first-order valence-corrected chi connectivity index (χ1v) is 11.6. The number of ether oxygens (including phenoxy) is 2. The van der Waals surface area contributed by atoms with Crippen LogP contribution in [0, 0.1) is 20.8 Å². The molecule has 0 bridgehead atoms. The van der Waals surface area contributed by atoms with Gasteiger partial charge >= 0.3 is 5.97 Å². The molecule has 0 aliphatic heterocycles. The van der Waals surface area contributed by atoms with E-state index in [0.717, 1.165) is 27.5 Å². The summed E-state index contributed by atoms with van der Waals surface area (Å²) in [5, 5.41) is 8.18. The average molecular weight is 482 g/mol. The van der Waals surface area contributed by atoms with Crippen LogP contribution >= 0.6 is 11.3 Å². The van der Waals surface area contributed by atoms with E-state index in [4.69, 9.17) is 9.47 Å². The molecule has 8 nitrogen and oxygen atoms in total. The Labute approximate surface area is 202 Å². The van der Waals surface area contributed by atoms with Crippen LogP contribution in [0.3, 0.4) is 0 Å². The lowest BCUT2D eigenvalue weighted by atomic mass is 10.1. The summed E-state index contributed by atoms with van der Waals surface area (Å²) in [6, 6.07) is 12.1. The molecule has 2 N–H and O–H groups in total. The minimum absolute atomic E-state index is 0.237. The molecule has 0 spiro atoms. The fourth-order valence-electron chi connectivity index (χ4n) is 3.11. The number of hydrogen-bond donors (Lipinski definition) is 2. The number of hydrogen-bond acceptors (Lipinski definition) is 7. The fraction of sp³-hybridized carbons (Fsp3) is 0.280. The summed E-state index contributed by atoms with van der Waals surface area (Å²) in [7, 11) is 0. The number of benzene rings is 2. The van der Waals surface area contributed by atoms with Crippen molar-refractivity contribution in [1.82, 2.24) is 10.3 Å². The molecule has 2 aromatic carbocycles. The highest BCUT2D eigenvalue weighted by atomic mass is 32.1. The molecule has 3 aromatic rings. The summed E-state index contributed by atoms with van der Waals surface area (Å²) in [6.45, 7) is 7.26. The zero-order valence-corrected chi connectivity index (χ0v) is 20.3.